The summed E-state index contributed by atoms with van der Waals surface area (Å²) in [5.74, 6) is 0.757. The zero-order chi connectivity index (χ0) is 18.0. The van der Waals surface area contributed by atoms with Gasteiger partial charge >= 0.3 is 0 Å². The molecule has 2 aromatic heterocycles. The van der Waals surface area contributed by atoms with Gasteiger partial charge in [0.25, 0.3) is 0 Å². The molecule has 0 saturated carbocycles. The molecular weight excluding hydrogens is 326 g/mol. The smallest absolute Gasteiger partial charge is 0.119 e. The Morgan fingerprint density at radius 3 is 1.92 bits per heavy atom. The minimum atomic E-state index is -0.609. The van der Waals surface area contributed by atoms with Crippen molar-refractivity contribution in [3.63, 3.8) is 0 Å². The fourth-order valence-corrected chi connectivity index (χ4v) is 2.69. The van der Waals surface area contributed by atoms with Gasteiger partial charge in [-0.25, -0.2) is 0 Å². The van der Waals surface area contributed by atoms with Crippen molar-refractivity contribution in [2.24, 2.45) is 0 Å². The van der Waals surface area contributed by atoms with E-state index in [0.29, 0.717) is 19.6 Å². The van der Waals surface area contributed by atoms with E-state index in [1.165, 1.54) is 0 Å². The molecule has 3 aromatic rings. The third-order valence-electron chi connectivity index (χ3n) is 3.88. The Bertz CT molecular complexity index is 712. The third kappa shape index (κ3) is 5.95. The molecule has 1 N–H and O–H groups in total. The summed E-state index contributed by atoms with van der Waals surface area (Å²) in [5.41, 5.74) is 1.92. The highest BCUT2D eigenvalue weighted by Gasteiger charge is 2.15. The summed E-state index contributed by atoms with van der Waals surface area (Å²) in [6.07, 6.45) is 2.95. The second kappa shape index (κ2) is 9.65. The molecule has 1 aromatic carbocycles. The van der Waals surface area contributed by atoms with E-state index in [1.807, 2.05) is 66.7 Å². The zero-order valence-electron chi connectivity index (χ0n) is 14.6. The van der Waals surface area contributed by atoms with E-state index in [9.17, 15) is 5.11 Å². The van der Waals surface area contributed by atoms with Gasteiger partial charge in [-0.3, -0.25) is 14.9 Å². The largest absolute Gasteiger partial charge is 0.491 e. The first-order valence-electron chi connectivity index (χ1n) is 8.67. The van der Waals surface area contributed by atoms with Crippen molar-refractivity contribution in [2.45, 2.75) is 19.2 Å². The second-order valence-corrected chi connectivity index (χ2v) is 6.09. The van der Waals surface area contributed by atoms with E-state index < -0.39 is 6.10 Å². The van der Waals surface area contributed by atoms with Crippen LogP contribution in [0.15, 0.2) is 79.1 Å². The molecule has 0 aliphatic heterocycles. The van der Waals surface area contributed by atoms with Crippen LogP contribution in [-0.2, 0) is 13.1 Å². The highest BCUT2D eigenvalue weighted by atomic mass is 16.5. The predicted molar refractivity (Wildman–Crippen MR) is 101 cm³/mol. The van der Waals surface area contributed by atoms with Crippen molar-refractivity contribution in [3.8, 4) is 5.75 Å². The minimum absolute atomic E-state index is 0.241. The Morgan fingerprint density at radius 1 is 0.808 bits per heavy atom. The monoisotopic (exact) mass is 349 g/mol. The summed E-state index contributed by atoms with van der Waals surface area (Å²) in [7, 11) is 0. The highest BCUT2D eigenvalue weighted by Crippen LogP contribution is 2.11. The van der Waals surface area contributed by atoms with Gasteiger partial charge in [-0.1, -0.05) is 30.3 Å². The molecule has 26 heavy (non-hydrogen) atoms. The maximum absolute atomic E-state index is 10.4. The lowest BCUT2D eigenvalue weighted by Gasteiger charge is -2.24. The molecular formula is C21H23N3O2. The lowest BCUT2D eigenvalue weighted by molar-refractivity contribution is 0.0620. The lowest BCUT2D eigenvalue weighted by Crippen LogP contribution is -2.35. The Balaban J connectivity index is 1.60. The first kappa shape index (κ1) is 18.0. The second-order valence-electron chi connectivity index (χ2n) is 6.09. The van der Waals surface area contributed by atoms with Gasteiger partial charge in [-0.05, 0) is 36.4 Å². The van der Waals surface area contributed by atoms with Crippen LogP contribution in [-0.4, -0.2) is 39.2 Å². The summed E-state index contributed by atoms with van der Waals surface area (Å²) in [6, 6.07) is 21.2. The molecule has 2 heterocycles. The van der Waals surface area contributed by atoms with Gasteiger partial charge in [0.2, 0.25) is 0 Å². The van der Waals surface area contributed by atoms with Gasteiger partial charge in [-0.15, -0.1) is 0 Å². The number of benzene rings is 1. The number of aliphatic hydroxyl groups excluding tert-OH is 1. The predicted octanol–water partition coefficient (Wildman–Crippen LogP) is 2.92. The molecule has 0 spiro atoms. The number of ether oxygens (including phenoxy) is 1. The maximum Gasteiger partial charge on any atom is 0.119 e. The number of aromatic nitrogens is 2. The van der Waals surface area contributed by atoms with E-state index in [1.54, 1.807) is 12.4 Å². The molecule has 1 atom stereocenters. The number of hydrogen-bond donors (Lipinski definition) is 1. The first-order chi connectivity index (χ1) is 12.8. The Kier molecular flexibility index (Phi) is 6.70. The zero-order valence-corrected chi connectivity index (χ0v) is 14.6. The van der Waals surface area contributed by atoms with E-state index in [2.05, 4.69) is 14.9 Å². The number of aliphatic hydroxyl groups is 1. The number of hydrogen-bond acceptors (Lipinski definition) is 5. The molecule has 134 valence electrons. The number of rotatable bonds is 9. The van der Waals surface area contributed by atoms with Gasteiger partial charge in [0.15, 0.2) is 0 Å². The molecule has 1 unspecified atom stereocenters. The Hall–Kier alpha value is -2.76. The van der Waals surface area contributed by atoms with Crippen molar-refractivity contribution in [2.75, 3.05) is 13.2 Å². The average molecular weight is 349 g/mol. The number of nitrogens with zero attached hydrogens (tertiary/aromatic N) is 3. The summed E-state index contributed by atoms with van der Waals surface area (Å²) in [6.45, 7) is 1.99. The molecule has 5 nitrogen and oxygen atoms in total. The molecule has 0 aliphatic rings. The SMILES string of the molecule is OC(COc1ccccc1)CN(Cc1ccccn1)Cc1ccccn1. The van der Waals surface area contributed by atoms with Crippen LogP contribution in [0, 0.1) is 0 Å². The average Bonchev–Trinajstić information content (AvgIpc) is 2.69. The van der Waals surface area contributed by atoms with Gasteiger partial charge < -0.3 is 9.84 Å². The van der Waals surface area contributed by atoms with Crippen LogP contribution in [0.5, 0.6) is 5.75 Å². The summed E-state index contributed by atoms with van der Waals surface area (Å²) in [4.78, 5) is 10.9. The van der Waals surface area contributed by atoms with Gasteiger partial charge in [0, 0.05) is 32.0 Å². The highest BCUT2D eigenvalue weighted by molar-refractivity contribution is 5.20. The molecule has 0 radical (unpaired) electrons. The molecule has 0 aliphatic carbocycles. The van der Waals surface area contributed by atoms with Crippen LogP contribution in [0.4, 0.5) is 0 Å². The molecule has 5 heteroatoms. The van der Waals surface area contributed by atoms with Crippen LogP contribution >= 0.6 is 0 Å². The standard InChI is InChI=1S/C21H23N3O2/c25-20(17-26-21-10-2-1-3-11-21)16-24(14-18-8-4-6-12-22-18)15-19-9-5-7-13-23-19/h1-13,20,25H,14-17H2. The third-order valence-corrected chi connectivity index (χ3v) is 3.88. The normalized spacial score (nSPS) is 12.1. The van der Waals surface area contributed by atoms with Crippen molar-refractivity contribution < 1.29 is 9.84 Å². The lowest BCUT2D eigenvalue weighted by atomic mass is 10.2. The van der Waals surface area contributed by atoms with Crippen LogP contribution in [0.1, 0.15) is 11.4 Å². The molecule has 0 fully saturated rings. The molecule has 0 saturated heterocycles. The fourth-order valence-electron chi connectivity index (χ4n) is 2.69. The van der Waals surface area contributed by atoms with E-state index in [-0.39, 0.29) is 6.61 Å². The summed E-state index contributed by atoms with van der Waals surface area (Å²) in [5, 5.41) is 10.4. The summed E-state index contributed by atoms with van der Waals surface area (Å²) < 4.78 is 5.66. The van der Waals surface area contributed by atoms with Crippen LogP contribution in [0.3, 0.4) is 0 Å². The molecule has 0 bridgehead atoms. The van der Waals surface area contributed by atoms with Gasteiger partial charge in [0.1, 0.15) is 18.5 Å². The quantitative estimate of drug-likeness (QED) is 0.644. The van der Waals surface area contributed by atoms with Crippen molar-refractivity contribution in [1.29, 1.82) is 0 Å². The van der Waals surface area contributed by atoms with E-state index in [0.717, 1.165) is 17.1 Å². The summed E-state index contributed by atoms with van der Waals surface area (Å²) >= 11 is 0. The van der Waals surface area contributed by atoms with Crippen LogP contribution in [0.2, 0.25) is 0 Å². The van der Waals surface area contributed by atoms with Crippen molar-refractivity contribution in [3.05, 3.63) is 90.5 Å². The maximum atomic E-state index is 10.4. The van der Waals surface area contributed by atoms with E-state index >= 15 is 0 Å². The minimum Gasteiger partial charge on any atom is -0.491 e. The van der Waals surface area contributed by atoms with Crippen molar-refractivity contribution in [1.82, 2.24) is 14.9 Å². The molecule has 0 amide bonds. The number of pyridine rings is 2. The van der Waals surface area contributed by atoms with Crippen LogP contribution < -0.4 is 4.74 Å². The van der Waals surface area contributed by atoms with Crippen molar-refractivity contribution >= 4 is 0 Å². The topological polar surface area (TPSA) is 58.5 Å². The van der Waals surface area contributed by atoms with Crippen LogP contribution in [0.25, 0.3) is 0 Å². The van der Waals surface area contributed by atoms with E-state index in [4.69, 9.17) is 4.74 Å². The van der Waals surface area contributed by atoms with Gasteiger partial charge in [-0.2, -0.15) is 0 Å². The van der Waals surface area contributed by atoms with Gasteiger partial charge in [0.05, 0.1) is 11.4 Å². The number of para-hydroxylation sites is 1. The molecule has 3 rings (SSSR count). The first-order valence-corrected chi connectivity index (χ1v) is 8.67. The Labute approximate surface area is 153 Å². The Morgan fingerprint density at radius 2 is 1.38 bits per heavy atom. The fraction of sp³-hybridized carbons (Fsp3) is 0.238.